The Hall–Kier alpha value is -4.42. The number of benzene rings is 2. The minimum Gasteiger partial charge on any atom is -0.494 e. The number of nitrogens with one attached hydrogen (secondary N) is 1. The second-order valence-corrected chi connectivity index (χ2v) is 14.4. The fourth-order valence-electron chi connectivity index (χ4n) is 6.56. The van der Waals surface area contributed by atoms with Crippen LogP contribution in [0.2, 0.25) is 0 Å². The molecule has 46 heavy (non-hydrogen) atoms. The topological polar surface area (TPSA) is 124 Å². The molecule has 3 aromatic heterocycles. The number of likely N-dealkylation sites (tertiary alicyclic amines) is 1. The van der Waals surface area contributed by atoms with Crippen LogP contribution in [0.25, 0.3) is 38.9 Å². The number of nitrogens with two attached hydrogens (primary N) is 1. The number of rotatable bonds is 8. The molecule has 1 aliphatic heterocycles. The van der Waals surface area contributed by atoms with Crippen LogP contribution in [0.15, 0.2) is 60.8 Å². The lowest BCUT2D eigenvalue weighted by Gasteiger charge is -2.33. The number of ether oxygens (including phenoxy) is 1. The molecule has 0 unspecified atom stereocenters. The van der Waals surface area contributed by atoms with E-state index in [4.69, 9.17) is 15.6 Å². The molecular formula is C34H37FN6O4S. The minimum atomic E-state index is -3.36. The zero-order chi connectivity index (χ0) is 32.3. The molecule has 1 saturated heterocycles. The highest BCUT2D eigenvalue weighted by atomic mass is 32.2. The van der Waals surface area contributed by atoms with E-state index < -0.39 is 22.2 Å². The number of hydrogen-bond acceptors (Lipinski definition) is 6. The van der Waals surface area contributed by atoms with E-state index in [1.807, 2.05) is 19.1 Å². The number of amides is 1. The van der Waals surface area contributed by atoms with Crippen LogP contribution in [0.3, 0.4) is 0 Å². The number of hydrogen-bond donors (Lipinski definition) is 2. The van der Waals surface area contributed by atoms with E-state index in [1.54, 1.807) is 36.0 Å². The van der Waals surface area contributed by atoms with Gasteiger partial charge in [0.1, 0.15) is 23.1 Å². The van der Waals surface area contributed by atoms with Gasteiger partial charge in [-0.2, -0.15) is 5.10 Å². The normalized spacial score (nSPS) is 18.8. The summed E-state index contributed by atoms with van der Waals surface area (Å²) in [5, 5.41) is 6.08. The Morgan fingerprint density at radius 1 is 1.09 bits per heavy atom. The molecule has 1 aliphatic carbocycles. The van der Waals surface area contributed by atoms with E-state index in [2.05, 4.69) is 33.6 Å². The molecule has 2 aromatic carbocycles. The summed E-state index contributed by atoms with van der Waals surface area (Å²) in [6, 6.07) is 17.1. The highest BCUT2D eigenvalue weighted by molar-refractivity contribution is 7.92. The molecule has 10 nitrogen and oxygen atoms in total. The lowest BCUT2D eigenvalue weighted by molar-refractivity contribution is 0.0606. The van der Waals surface area contributed by atoms with Gasteiger partial charge in [-0.3, -0.25) is 9.52 Å². The Morgan fingerprint density at radius 3 is 2.50 bits per heavy atom. The van der Waals surface area contributed by atoms with Gasteiger partial charge in [-0.15, -0.1) is 0 Å². The molecule has 5 aromatic rings. The van der Waals surface area contributed by atoms with Crippen LogP contribution in [0.1, 0.15) is 35.2 Å². The molecule has 2 atom stereocenters. The van der Waals surface area contributed by atoms with E-state index in [1.165, 1.54) is 17.7 Å². The van der Waals surface area contributed by atoms with Crippen molar-refractivity contribution in [3.63, 3.8) is 0 Å². The van der Waals surface area contributed by atoms with Crippen molar-refractivity contribution in [3.8, 4) is 28.3 Å². The van der Waals surface area contributed by atoms with Crippen molar-refractivity contribution in [1.82, 2.24) is 19.1 Å². The number of methoxy groups -OCH3 is 1. The molecule has 0 spiro atoms. The zero-order valence-corrected chi connectivity index (χ0v) is 26.9. The van der Waals surface area contributed by atoms with E-state index in [-0.39, 0.29) is 18.9 Å². The Balaban J connectivity index is 1.30. The lowest BCUT2D eigenvalue weighted by Crippen LogP contribution is -2.50. The first kappa shape index (κ1) is 30.2. The summed E-state index contributed by atoms with van der Waals surface area (Å²) < 4.78 is 49.9. The van der Waals surface area contributed by atoms with Gasteiger partial charge in [0.25, 0.3) is 5.91 Å². The molecule has 1 amide bonds. The van der Waals surface area contributed by atoms with Crippen molar-refractivity contribution in [1.29, 1.82) is 0 Å². The third kappa shape index (κ3) is 5.82. The van der Waals surface area contributed by atoms with Gasteiger partial charge in [-0.25, -0.2) is 17.3 Å². The van der Waals surface area contributed by atoms with Gasteiger partial charge in [-0.1, -0.05) is 24.3 Å². The third-order valence-electron chi connectivity index (χ3n) is 8.92. The van der Waals surface area contributed by atoms with Crippen molar-refractivity contribution in [2.45, 2.75) is 44.9 Å². The number of nitrogens with zero attached hydrogens (tertiary/aromatic N) is 4. The van der Waals surface area contributed by atoms with E-state index in [0.29, 0.717) is 29.5 Å². The molecule has 0 radical (unpaired) electrons. The van der Waals surface area contributed by atoms with Crippen molar-refractivity contribution in [2.75, 3.05) is 31.2 Å². The molecule has 1 saturated carbocycles. The number of anilines is 1. The molecule has 2 aliphatic rings. The van der Waals surface area contributed by atoms with Crippen molar-refractivity contribution < 1.29 is 22.3 Å². The molecule has 2 fully saturated rings. The molecular weight excluding hydrogens is 607 g/mol. The maximum Gasteiger partial charge on any atom is 0.255 e. The summed E-state index contributed by atoms with van der Waals surface area (Å²) in [6.45, 7) is 3.18. The molecule has 240 valence electrons. The van der Waals surface area contributed by atoms with Crippen molar-refractivity contribution in [2.24, 2.45) is 11.7 Å². The van der Waals surface area contributed by atoms with Gasteiger partial charge < -0.3 is 19.9 Å². The average Bonchev–Trinajstić information content (AvgIpc) is 3.68. The lowest BCUT2D eigenvalue weighted by atomic mass is 10.0. The number of alkyl halides is 1. The average molecular weight is 645 g/mol. The Kier molecular flexibility index (Phi) is 7.51. The number of fused-ring (bicyclic) bond motifs is 2. The summed E-state index contributed by atoms with van der Waals surface area (Å²) in [6.07, 6.45) is 4.28. The van der Waals surface area contributed by atoms with E-state index in [9.17, 15) is 17.6 Å². The summed E-state index contributed by atoms with van der Waals surface area (Å²) >= 11 is 0. The smallest absolute Gasteiger partial charge is 0.255 e. The predicted molar refractivity (Wildman–Crippen MR) is 177 cm³/mol. The van der Waals surface area contributed by atoms with Crippen LogP contribution in [-0.2, 0) is 16.6 Å². The fraction of sp³-hybridized carbons (Fsp3) is 0.353. The number of aryl methyl sites for hydroxylation is 1. The number of halogens is 1. The molecule has 0 bridgehead atoms. The highest BCUT2D eigenvalue weighted by Crippen LogP contribution is 2.39. The standard InChI is InChI=1S/C34H37FN6O4S/c1-20-32(37-41-17-25(14-31(45-2)33(20)41)34(42)39-18-26(35)15-27(36)19-39)30-13-24-7-6-23(12-29(24)40(30)16-21-4-5-21)22-8-10-28(11-9-22)38-46(3,43)44/h6-14,17,21,26-27,38H,4-5,15-16,18-19,36H2,1-3H3/t26-,27-/m1/s1. The number of piperidine rings is 1. The Bertz CT molecular complexity index is 2070. The summed E-state index contributed by atoms with van der Waals surface area (Å²) in [5.41, 5.74) is 13.4. The second-order valence-electron chi connectivity index (χ2n) is 12.7. The SMILES string of the molecule is COc1cc(C(=O)N2C[C@H](N)C[C@@H](F)C2)cn2nc(-c3cc4ccc(-c5ccc(NS(C)(=O)=O)cc5)cc4n3CC3CC3)c(C)c12. The minimum absolute atomic E-state index is 0.0151. The molecule has 3 N–H and O–H groups in total. The molecule has 4 heterocycles. The monoisotopic (exact) mass is 644 g/mol. The number of carbonyl (C=O) groups excluding carboxylic acids is 1. The van der Waals surface area contributed by atoms with Crippen molar-refractivity contribution in [3.05, 3.63) is 71.9 Å². The van der Waals surface area contributed by atoms with Crippen LogP contribution in [0.5, 0.6) is 5.75 Å². The Morgan fingerprint density at radius 2 is 1.83 bits per heavy atom. The number of aromatic nitrogens is 3. The van der Waals surface area contributed by atoms with Gasteiger partial charge in [0.05, 0.1) is 31.2 Å². The first-order chi connectivity index (χ1) is 22.0. The summed E-state index contributed by atoms with van der Waals surface area (Å²) in [7, 11) is -1.79. The zero-order valence-electron chi connectivity index (χ0n) is 26.0. The van der Waals surface area contributed by atoms with Gasteiger partial charge in [0.15, 0.2) is 0 Å². The molecule has 12 heteroatoms. The highest BCUT2D eigenvalue weighted by Gasteiger charge is 2.30. The van der Waals surface area contributed by atoms with Crippen LogP contribution < -0.4 is 15.2 Å². The largest absolute Gasteiger partial charge is 0.494 e. The van der Waals surface area contributed by atoms with E-state index >= 15 is 0 Å². The first-order valence-electron chi connectivity index (χ1n) is 15.4. The van der Waals surface area contributed by atoms with Gasteiger partial charge >= 0.3 is 0 Å². The van der Waals surface area contributed by atoms with E-state index in [0.717, 1.165) is 57.3 Å². The van der Waals surface area contributed by atoms with Crippen LogP contribution in [-0.4, -0.2) is 72.1 Å². The van der Waals surface area contributed by atoms with Crippen LogP contribution in [0.4, 0.5) is 10.1 Å². The summed E-state index contributed by atoms with van der Waals surface area (Å²) in [4.78, 5) is 14.9. The predicted octanol–water partition coefficient (Wildman–Crippen LogP) is 5.23. The summed E-state index contributed by atoms with van der Waals surface area (Å²) in [5.74, 6) is 0.801. The second kappa shape index (κ2) is 11.4. The molecule has 7 rings (SSSR count). The number of carbonyl (C=O) groups is 1. The maximum absolute atomic E-state index is 14.3. The van der Waals surface area contributed by atoms with Crippen LogP contribution in [0, 0.1) is 12.8 Å². The van der Waals surface area contributed by atoms with Crippen LogP contribution >= 0.6 is 0 Å². The quantitative estimate of drug-likeness (QED) is 0.238. The maximum atomic E-state index is 14.3. The Labute approximate surface area is 267 Å². The first-order valence-corrected chi connectivity index (χ1v) is 17.3. The van der Waals surface area contributed by atoms with Gasteiger partial charge in [0, 0.05) is 47.5 Å². The van der Waals surface area contributed by atoms with Crippen molar-refractivity contribution >= 4 is 38.0 Å². The number of sulfonamides is 1. The fourth-order valence-corrected chi connectivity index (χ4v) is 7.12. The number of pyridine rings is 1. The third-order valence-corrected chi connectivity index (χ3v) is 9.53. The van der Waals surface area contributed by atoms with Gasteiger partial charge in [0.2, 0.25) is 10.0 Å². The van der Waals surface area contributed by atoms with Gasteiger partial charge in [-0.05, 0) is 73.6 Å².